The van der Waals surface area contributed by atoms with Crippen molar-refractivity contribution in [3.63, 3.8) is 0 Å². The van der Waals surface area contributed by atoms with Crippen molar-refractivity contribution in [1.82, 2.24) is 0 Å². The fourth-order valence-electron chi connectivity index (χ4n) is 1.17. The fraction of sp³-hybridized carbons (Fsp3) is 0.750. The monoisotopic (exact) mass is 198 g/mol. The first-order chi connectivity index (χ1) is 5.48. The van der Waals surface area contributed by atoms with Gasteiger partial charge >= 0.3 is 41.5 Å². The molecule has 0 bridgehead atoms. The van der Waals surface area contributed by atoms with Gasteiger partial charge in [0.25, 0.3) is 0 Å². The standard InChI is InChI=1S/C8H14O4.Na.H/c1-3-8(4-2,7(11)12)5-6(9)10;;/h3-5H2,1-2H3,(H,9,10)(H,11,12);;/q;+1;-1. The van der Waals surface area contributed by atoms with Gasteiger partial charge in [0.1, 0.15) is 0 Å². The van der Waals surface area contributed by atoms with Gasteiger partial charge in [-0.3, -0.25) is 9.59 Å². The normalized spacial score (nSPS) is 10.3. The van der Waals surface area contributed by atoms with E-state index < -0.39 is 17.4 Å². The van der Waals surface area contributed by atoms with Gasteiger partial charge in [-0.15, -0.1) is 0 Å². The summed E-state index contributed by atoms with van der Waals surface area (Å²) in [5, 5.41) is 17.3. The van der Waals surface area contributed by atoms with Crippen LogP contribution in [-0.2, 0) is 9.59 Å². The summed E-state index contributed by atoms with van der Waals surface area (Å²) in [6.07, 6.45) is 0.408. The van der Waals surface area contributed by atoms with Gasteiger partial charge < -0.3 is 11.6 Å². The average molecular weight is 198 g/mol. The Hall–Kier alpha value is -0.0600. The van der Waals surface area contributed by atoms with E-state index in [1.165, 1.54) is 0 Å². The third-order valence-electron chi connectivity index (χ3n) is 2.30. The van der Waals surface area contributed by atoms with E-state index in [4.69, 9.17) is 10.2 Å². The second-order valence-corrected chi connectivity index (χ2v) is 2.86. The maximum absolute atomic E-state index is 10.8. The van der Waals surface area contributed by atoms with Crippen LogP contribution in [-0.4, -0.2) is 22.2 Å². The van der Waals surface area contributed by atoms with Gasteiger partial charge in [0.05, 0.1) is 11.8 Å². The fourth-order valence-corrected chi connectivity index (χ4v) is 1.17. The van der Waals surface area contributed by atoms with Crippen LogP contribution in [0.15, 0.2) is 0 Å². The van der Waals surface area contributed by atoms with Crippen LogP contribution >= 0.6 is 0 Å². The zero-order valence-electron chi connectivity index (χ0n) is 9.33. The number of hydrogen-bond donors (Lipinski definition) is 2. The largest absolute Gasteiger partial charge is 1.00 e. The van der Waals surface area contributed by atoms with Crippen molar-refractivity contribution >= 4 is 11.9 Å². The summed E-state index contributed by atoms with van der Waals surface area (Å²) in [6.45, 7) is 3.39. The molecule has 0 unspecified atom stereocenters. The van der Waals surface area contributed by atoms with Crippen LogP contribution in [0.3, 0.4) is 0 Å². The van der Waals surface area contributed by atoms with Crippen molar-refractivity contribution in [1.29, 1.82) is 0 Å². The summed E-state index contributed by atoms with van der Waals surface area (Å²) in [7, 11) is 0. The number of aliphatic carboxylic acids is 2. The molecule has 0 fully saturated rings. The van der Waals surface area contributed by atoms with Crippen molar-refractivity contribution in [2.75, 3.05) is 0 Å². The van der Waals surface area contributed by atoms with Gasteiger partial charge in [-0.05, 0) is 12.8 Å². The quantitative estimate of drug-likeness (QED) is 0.525. The molecule has 72 valence electrons. The Morgan fingerprint density at radius 2 is 1.62 bits per heavy atom. The summed E-state index contributed by atoms with van der Waals surface area (Å²) < 4.78 is 0. The van der Waals surface area contributed by atoms with Crippen LogP contribution in [0, 0.1) is 5.41 Å². The van der Waals surface area contributed by atoms with E-state index in [1.54, 1.807) is 13.8 Å². The van der Waals surface area contributed by atoms with Crippen LogP contribution in [0.1, 0.15) is 34.5 Å². The Bertz CT molecular complexity index is 192. The first kappa shape index (κ1) is 15.4. The van der Waals surface area contributed by atoms with Crippen LogP contribution in [0.5, 0.6) is 0 Å². The third kappa shape index (κ3) is 4.11. The van der Waals surface area contributed by atoms with Crippen LogP contribution in [0.25, 0.3) is 0 Å². The molecule has 0 aliphatic rings. The molecule has 5 heteroatoms. The topological polar surface area (TPSA) is 74.6 Å². The molecule has 0 saturated heterocycles. The smallest absolute Gasteiger partial charge is 1.00 e. The zero-order chi connectivity index (χ0) is 9.78. The molecule has 13 heavy (non-hydrogen) atoms. The van der Waals surface area contributed by atoms with Crippen molar-refractivity contribution in [2.45, 2.75) is 33.1 Å². The summed E-state index contributed by atoms with van der Waals surface area (Å²) in [5.74, 6) is -2.07. The van der Waals surface area contributed by atoms with Crippen molar-refractivity contribution in [2.24, 2.45) is 5.41 Å². The van der Waals surface area contributed by atoms with Crippen LogP contribution in [0.4, 0.5) is 0 Å². The molecule has 0 aliphatic carbocycles. The minimum atomic E-state index is -1.08. The molecule has 0 rings (SSSR count). The van der Waals surface area contributed by atoms with Crippen LogP contribution in [0.2, 0.25) is 0 Å². The van der Waals surface area contributed by atoms with E-state index in [9.17, 15) is 9.59 Å². The Kier molecular flexibility index (Phi) is 7.59. The second-order valence-electron chi connectivity index (χ2n) is 2.86. The van der Waals surface area contributed by atoms with Gasteiger partial charge in [0, 0.05) is 0 Å². The molecule has 0 aromatic heterocycles. The number of carboxylic acid groups (broad SMARTS) is 2. The number of carbonyl (C=O) groups is 2. The van der Waals surface area contributed by atoms with Gasteiger partial charge in [-0.2, -0.15) is 0 Å². The van der Waals surface area contributed by atoms with E-state index >= 15 is 0 Å². The summed E-state index contributed by atoms with van der Waals surface area (Å²) in [6, 6.07) is 0. The Morgan fingerprint density at radius 1 is 1.23 bits per heavy atom. The van der Waals surface area contributed by atoms with Crippen LogP contribution < -0.4 is 29.6 Å². The Morgan fingerprint density at radius 3 is 1.69 bits per heavy atom. The summed E-state index contributed by atoms with van der Waals surface area (Å²) in [5.41, 5.74) is -1.08. The van der Waals surface area contributed by atoms with Gasteiger partial charge in [-0.25, -0.2) is 0 Å². The minimum Gasteiger partial charge on any atom is -1.00 e. The molecule has 0 aromatic carbocycles. The maximum atomic E-state index is 10.8. The molecular weight excluding hydrogens is 183 g/mol. The Balaban J connectivity index is -0.000000605. The van der Waals surface area contributed by atoms with E-state index in [0.717, 1.165) is 0 Å². The van der Waals surface area contributed by atoms with E-state index in [-0.39, 0.29) is 37.4 Å². The summed E-state index contributed by atoms with van der Waals surface area (Å²) in [4.78, 5) is 21.1. The average Bonchev–Trinajstić information content (AvgIpc) is 1.99. The molecule has 0 saturated carbocycles. The molecule has 0 spiro atoms. The zero-order valence-corrected chi connectivity index (χ0v) is 10.3. The van der Waals surface area contributed by atoms with Crippen molar-refractivity contribution < 1.29 is 50.8 Å². The number of rotatable bonds is 5. The first-order valence-electron chi connectivity index (χ1n) is 3.93. The first-order valence-corrected chi connectivity index (χ1v) is 3.93. The third-order valence-corrected chi connectivity index (χ3v) is 2.30. The molecule has 0 radical (unpaired) electrons. The van der Waals surface area contributed by atoms with Crippen molar-refractivity contribution in [3.8, 4) is 0 Å². The molecule has 0 aliphatic heterocycles. The van der Waals surface area contributed by atoms with E-state index in [1.807, 2.05) is 0 Å². The number of hydrogen-bond acceptors (Lipinski definition) is 2. The molecule has 0 atom stereocenters. The predicted octanol–water partition coefficient (Wildman–Crippen LogP) is -1.53. The van der Waals surface area contributed by atoms with Gasteiger partial charge in [0.2, 0.25) is 0 Å². The SMILES string of the molecule is CCC(CC)(CC(=O)O)C(=O)O.[H-].[Na+]. The molecule has 0 heterocycles. The molecule has 4 nitrogen and oxygen atoms in total. The Labute approximate surface area is 101 Å². The van der Waals surface area contributed by atoms with Gasteiger partial charge in [-0.1, -0.05) is 13.8 Å². The molecule has 2 N–H and O–H groups in total. The van der Waals surface area contributed by atoms with E-state index in [0.29, 0.717) is 12.8 Å². The maximum Gasteiger partial charge on any atom is 1.00 e. The second kappa shape index (κ2) is 6.40. The van der Waals surface area contributed by atoms with E-state index in [2.05, 4.69) is 0 Å². The summed E-state index contributed by atoms with van der Waals surface area (Å²) >= 11 is 0. The minimum absolute atomic E-state index is 0. The number of carboxylic acids is 2. The van der Waals surface area contributed by atoms with Gasteiger partial charge in [0.15, 0.2) is 0 Å². The molecular formula is C8H15NaO4. The predicted molar refractivity (Wildman–Crippen MR) is 44.0 cm³/mol. The molecule has 0 amide bonds. The van der Waals surface area contributed by atoms with Crippen molar-refractivity contribution in [3.05, 3.63) is 0 Å². The molecule has 0 aromatic rings.